The highest BCUT2D eigenvalue weighted by atomic mass is 32.2. The van der Waals surface area contributed by atoms with Crippen molar-refractivity contribution in [3.8, 4) is 5.75 Å². The molecule has 1 amide bonds. The van der Waals surface area contributed by atoms with E-state index in [-0.39, 0.29) is 35.7 Å². The smallest absolute Gasteiger partial charge is 0.243 e. The number of anilines is 1. The van der Waals surface area contributed by atoms with Gasteiger partial charge in [-0.15, -0.1) is 11.3 Å². The third-order valence-corrected chi connectivity index (χ3v) is 7.58. The van der Waals surface area contributed by atoms with E-state index in [0.29, 0.717) is 22.1 Å². The SMILES string of the molecule is CC(C)N(C)S(=O)(=O)c1ccc(NC(=O)Cc2csc(COc3ccc(F)cc3)n2)cc1. The zero-order valence-electron chi connectivity index (χ0n) is 17.9. The van der Waals surface area contributed by atoms with Crippen molar-refractivity contribution < 1.29 is 22.3 Å². The molecule has 10 heteroatoms. The van der Waals surface area contributed by atoms with Crippen molar-refractivity contribution in [3.05, 3.63) is 70.4 Å². The van der Waals surface area contributed by atoms with Gasteiger partial charge in [0.1, 0.15) is 23.2 Å². The number of rotatable bonds is 9. The second kappa shape index (κ2) is 10.2. The Morgan fingerprint density at radius 1 is 1.16 bits per heavy atom. The predicted molar refractivity (Wildman–Crippen MR) is 122 cm³/mol. The molecular weight excluding hydrogens is 453 g/mol. The number of nitrogens with zero attached hydrogens (tertiary/aromatic N) is 2. The van der Waals surface area contributed by atoms with Gasteiger partial charge >= 0.3 is 0 Å². The van der Waals surface area contributed by atoms with E-state index in [2.05, 4.69) is 10.3 Å². The van der Waals surface area contributed by atoms with Gasteiger partial charge in [0.15, 0.2) is 0 Å². The van der Waals surface area contributed by atoms with E-state index < -0.39 is 10.0 Å². The Labute approximate surface area is 190 Å². The van der Waals surface area contributed by atoms with Crippen molar-refractivity contribution in [3.63, 3.8) is 0 Å². The van der Waals surface area contributed by atoms with Gasteiger partial charge in [0, 0.05) is 24.2 Å². The average molecular weight is 478 g/mol. The average Bonchev–Trinajstić information content (AvgIpc) is 3.20. The molecule has 2 aromatic carbocycles. The number of amides is 1. The van der Waals surface area contributed by atoms with Crippen LogP contribution in [-0.4, -0.2) is 36.7 Å². The first-order chi connectivity index (χ1) is 15.1. The molecule has 0 fully saturated rings. The lowest BCUT2D eigenvalue weighted by molar-refractivity contribution is -0.115. The molecule has 1 aromatic heterocycles. The second-order valence-electron chi connectivity index (χ2n) is 7.34. The molecule has 0 bridgehead atoms. The summed E-state index contributed by atoms with van der Waals surface area (Å²) in [6, 6.07) is 11.6. The summed E-state index contributed by atoms with van der Waals surface area (Å²) in [6.07, 6.45) is 0.0726. The molecule has 3 aromatic rings. The van der Waals surface area contributed by atoms with Crippen LogP contribution in [0.2, 0.25) is 0 Å². The van der Waals surface area contributed by atoms with E-state index in [0.717, 1.165) is 0 Å². The van der Waals surface area contributed by atoms with Crippen molar-refractivity contribution in [1.29, 1.82) is 0 Å². The largest absolute Gasteiger partial charge is 0.486 e. The van der Waals surface area contributed by atoms with Crippen LogP contribution in [0.1, 0.15) is 24.5 Å². The zero-order chi connectivity index (χ0) is 23.3. The quantitative estimate of drug-likeness (QED) is 0.502. The molecule has 0 radical (unpaired) electrons. The summed E-state index contributed by atoms with van der Waals surface area (Å²) in [5, 5.41) is 5.22. The minimum Gasteiger partial charge on any atom is -0.486 e. The van der Waals surface area contributed by atoms with Gasteiger partial charge in [-0.2, -0.15) is 4.31 Å². The van der Waals surface area contributed by atoms with Crippen molar-refractivity contribution in [2.24, 2.45) is 0 Å². The van der Waals surface area contributed by atoms with Crippen molar-refractivity contribution in [2.45, 2.75) is 37.8 Å². The highest BCUT2D eigenvalue weighted by Gasteiger charge is 2.22. The minimum atomic E-state index is -3.58. The van der Waals surface area contributed by atoms with Gasteiger partial charge in [-0.25, -0.2) is 17.8 Å². The van der Waals surface area contributed by atoms with E-state index in [1.54, 1.807) is 31.4 Å². The van der Waals surface area contributed by atoms with Crippen molar-refractivity contribution >= 4 is 33.0 Å². The topological polar surface area (TPSA) is 88.6 Å². The maximum absolute atomic E-state index is 12.9. The van der Waals surface area contributed by atoms with Crippen LogP contribution in [0.3, 0.4) is 0 Å². The lowest BCUT2D eigenvalue weighted by Crippen LogP contribution is -2.33. The molecule has 0 spiro atoms. The number of carbonyl (C=O) groups excluding carboxylic acids is 1. The normalized spacial score (nSPS) is 11.7. The Balaban J connectivity index is 1.54. The highest BCUT2D eigenvalue weighted by molar-refractivity contribution is 7.89. The Hall–Kier alpha value is -2.82. The molecule has 0 atom stereocenters. The van der Waals surface area contributed by atoms with Crippen LogP contribution in [0.5, 0.6) is 5.75 Å². The molecule has 0 aliphatic rings. The number of halogens is 1. The van der Waals surface area contributed by atoms with Gasteiger partial charge in [-0.05, 0) is 62.4 Å². The third kappa shape index (κ3) is 6.12. The molecule has 7 nitrogen and oxygen atoms in total. The molecule has 32 heavy (non-hydrogen) atoms. The lowest BCUT2D eigenvalue weighted by atomic mass is 10.3. The number of ether oxygens (including phenoxy) is 1. The Morgan fingerprint density at radius 2 is 1.81 bits per heavy atom. The van der Waals surface area contributed by atoms with E-state index in [1.165, 1.54) is 59.1 Å². The number of aromatic nitrogens is 1. The maximum Gasteiger partial charge on any atom is 0.243 e. The third-order valence-electron chi connectivity index (χ3n) is 4.66. The Bertz CT molecular complexity index is 1160. The number of thiazole rings is 1. The van der Waals surface area contributed by atoms with Gasteiger partial charge in [-0.1, -0.05) is 0 Å². The van der Waals surface area contributed by atoms with Crippen LogP contribution in [0.15, 0.2) is 58.8 Å². The summed E-state index contributed by atoms with van der Waals surface area (Å²) < 4.78 is 44.8. The van der Waals surface area contributed by atoms with E-state index >= 15 is 0 Å². The Morgan fingerprint density at radius 3 is 2.44 bits per heavy atom. The molecular formula is C22H24FN3O4S2. The summed E-state index contributed by atoms with van der Waals surface area (Å²) in [7, 11) is -2.05. The standard InChI is InChI=1S/C22H24FN3O4S2/c1-15(2)26(3)32(28,29)20-10-6-17(7-11-20)24-21(27)12-18-14-31-22(25-18)13-30-19-8-4-16(23)5-9-19/h4-11,14-15H,12-13H2,1-3H3,(H,24,27). The molecule has 0 aliphatic carbocycles. The number of nitrogens with one attached hydrogen (secondary N) is 1. The fraction of sp³-hybridized carbons (Fsp3) is 0.273. The summed E-state index contributed by atoms with van der Waals surface area (Å²) >= 11 is 1.37. The predicted octanol–water partition coefficient (Wildman–Crippen LogP) is 4.07. The fourth-order valence-corrected chi connectivity index (χ4v) is 4.77. The maximum atomic E-state index is 12.9. The molecule has 0 saturated carbocycles. The first kappa shape index (κ1) is 23.8. The number of sulfonamides is 1. The van der Waals surface area contributed by atoms with Crippen LogP contribution in [0.4, 0.5) is 10.1 Å². The molecule has 3 rings (SSSR count). The number of hydrogen-bond donors (Lipinski definition) is 1. The van der Waals surface area contributed by atoms with Gasteiger partial charge in [0.25, 0.3) is 0 Å². The number of carbonyl (C=O) groups is 1. The van der Waals surface area contributed by atoms with Crippen LogP contribution in [-0.2, 0) is 27.8 Å². The van der Waals surface area contributed by atoms with Gasteiger partial charge in [0.05, 0.1) is 17.0 Å². The molecule has 0 unspecified atom stereocenters. The van der Waals surface area contributed by atoms with Crippen LogP contribution in [0.25, 0.3) is 0 Å². The van der Waals surface area contributed by atoms with Crippen LogP contribution >= 0.6 is 11.3 Å². The molecule has 1 heterocycles. The van der Waals surface area contributed by atoms with Crippen molar-refractivity contribution in [2.75, 3.05) is 12.4 Å². The fourth-order valence-electron chi connectivity index (χ4n) is 2.70. The lowest BCUT2D eigenvalue weighted by Gasteiger charge is -2.21. The van der Waals surface area contributed by atoms with Gasteiger partial charge in [-0.3, -0.25) is 4.79 Å². The number of benzene rings is 2. The summed E-state index contributed by atoms with van der Waals surface area (Å²) in [5.74, 6) is -0.0683. The molecule has 0 aliphatic heterocycles. The monoisotopic (exact) mass is 477 g/mol. The summed E-state index contributed by atoms with van der Waals surface area (Å²) in [6.45, 7) is 3.81. The number of hydrogen-bond acceptors (Lipinski definition) is 6. The van der Waals surface area contributed by atoms with E-state index in [1.807, 2.05) is 0 Å². The van der Waals surface area contributed by atoms with Gasteiger partial charge in [0.2, 0.25) is 15.9 Å². The molecule has 1 N–H and O–H groups in total. The molecule has 170 valence electrons. The van der Waals surface area contributed by atoms with Crippen LogP contribution < -0.4 is 10.1 Å². The first-order valence-corrected chi connectivity index (χ1v) is 12.2. The minimum absolute atomic E-state index is 0.0726. The highest BCUT2D eigenvalue weighted by Crippen LogP contribution is 2.20. The second-order valence-corrected chi connectivity index (χ2v) is 10.3. The van der Waals surface area contributed by atoms with Crippen LogP contribution in [0, 0.1) is 5.82 Å². The van der Waals surface area contributed by atoms with Crippen molar-refractivity contribution in [1.82, 2.24) is 9.29 Å². The zero-order valence-corrected chi connectivity index (χ0v) is 19.5. The Kier molecular flexibility index (Phi) is 7.60. The first-order valence-electron chi connectivity index (χ1n) is 9.85. The summed E-state index contributed by atoms with van der Waals surface area (Å²) in [4.78, 5) is 16.9. The molecule has 0 saturated heterocycles. The van der Waals surface area contributed by atoms with E-state index in [4.69, 9.17) is 4.74 Å². The van der Waals surface area contributed by atoms with Gasteiger partial charge < -0.3 is 10.1 Å². The summed E-state index contributed by atoms with van der Waals surface area (Å²) in [5.41, 5.74) is 1.10. The van der Waals surface area contributed by atoms with E-state index in [9.17, 15) is 17.6 Å².